The predicted octanol–water partition coefficient (Wildman–Crippen LogP) is 7.46. The molecule has 0 unspecified atom stereocenters. The molecule has 6 heteroatoms. The van der Waals surface area contributed by atoms with Crippen LogP contribution in [-0.4, -0.2) is 27.4 Å². The van der Waals surface area contributed by atoms with Crippen LogP contribution < -0.4 is 5.46 Å². The first-order chi connectivity index (χ1) is 19.3. The van der Waals surface area contributed by atoms with E-state index in [0.717, 1.165) is 47.8 Å². The molecule has 0 aliphatic carbocycles. The van der Waals surface area contributed by atoms with E-state index in [-0.39, 0.29) is 0 Å². The number of nitrogens with zero attached hydrogens (tertiary/aromatic N) is 4. The molecule has 0 aliphatic rings. The zero-order chi connectivity index (χ0) is 25.9. The molecule has 0 aliphatic heterocycles. The average molecular weight is 514 g/mol. The van der Waals surface area contributed by atoms with Gasteiger partial charge in [-0.1, -0.05) is 103 Å². The Bertz CT molecular complexity index is 2140. The topological polar surface area (TPSA) is 43.6 Å². The molecule has 0 N–H and O–H groups in total. The number of thiophene rings is 1. The summed E-state index contributed by atoms with van der Waals surface area (Å²) in [7, 11) is 6.37. The van der Waals surface area contributed by atoms with Gasteiger partial charge in [0, 0.05) is 36.7 Å². The van der Waals surface area contributed by atoms with E-state index in [1.807, 2.05) is 42.5 Å². The minimum atomic E-state index is 0.592. The van der Waals surface area contributed by atoms with Gasteiger partial charge >= 0.3 is 0 Å². The predicted molar refractivity (Wildman–Crippen MR) is 163 cm³/mol. The number of rotatable bonds is 3. The van der Waals surface area contributed by atoms with Gasteiger partial charge in [0.05, 0.1) is 11.0 Å². The van der Waals surface area contributed by atoms with Crippen LogP contribution in [0.4, 0.5) is 0 Å². The van der Waals surface area contributed by atoms with E-state index in [1.165, 1.54) is 10.8 Å². The molecule has 5 aromatic carbocycles. The van der Waals surface area contributed by atoms with Crippen molar-refractivity contribution in [3.05, 3.63) is 115 Å². The molecule has 0 saturated carbocycles. The van der Waals surface area contributed by atoms with Crippen molar-refractivity contribution in [3.8, 4) is 28.7 Å². The SMILES string of the molecule is [B]c1cccc2c1sc1c(-c3nc(-c4ccccc4)nc(-n4c5ccccc5c5ccccc54)n3)cccc12. The first kappa shape index (κ1) is 22.2. The van der Waals surface area contributed by atoms with Gasteiger partial charge in [-0.2, -0.15) is 9.97 Å². The molecule has 0 fully saturated rings. The van der Waals surface area contributed by atoms with E-state index in [2.05, 4.69) is 77.4 Å². The Morgan fingerprint density at radius 1 is 0.513 bits per heavy atom. The quantitative estimate of drug-likeness (QED) is 0.230. The van der Waals surface area contributed by atoms with Crippen molar-refractivity contribution in [1.82, 2.24) is 19.5 Å². The summed E-state index contributed by atoms with van der Waals surface area (Å²) < 4.78 is 4.34. The molecule has 0 atom stereocenters. The molecule has 180 valence electrons. The van der Waals surface area contributed by atoms with Crippen molar-refractivity contribution in [3.63, 3.8) is 0 Å². The minimum absolute atomic E-state index is 0.592. The molecule has 8 aromatic rings. The zero-order valence-corrected chi connectivity index (χ0v) is 21.6. The Hall–Kier alpha value is -4.81. The van der Waals surface area contributed by atoms with Gasteiger partial charge in [0.25, 0.3) is 0 Å². The Morgan fingerprint density at radius 2 is 1.10 bits per heavy atom. The van der Waals surface area contributed by atoms with Gasteiger partial charge in [-0.3, -0.25) is 4.57 Å². The Kier molecular flexibility index (Phi) is 4.90. The van der Waals surface area contributed by atoms with E-state index in [4.69, 9.17) is 22.8 Å². The van der Waals surface area contributed by atoms with Crippen LogP contribution >= 0.6 is 11.3 Å². The van der Waals surface area contributed by atoms with Crippen LogP contribution in [0.3, 0.4) is 0 Å². The molecule has 0 spiro atoms. The molecule has 3 aromatic heterocycles. The van der Waals surface area contributed by atoms with Crippen LogP contribution in [-0.2, 0) is 0 Å². The fourth-order valence-electron chi connectivity index (χ4n) is 5.46. The number of aromatic nitrogens is 4. The van der Waals surface area contributed by atoms with Crippen LogP contribution in [0, 0.1) is 0 Å². The lowest BCUT2D eigenvalue weighted by Gasteiger charge is -2.11. The number of para-hydroxylation sites is 2. The van der Waals surface area contributed by atoms with Crippen molar-refractivity contribution in [1.29, 1.82) is 0 Å². The van der Waals surface area contributed by atoms with Gasteiger partial charge in [0.2, 0.25) is 5.95 Å². The van der Waals surface area contributed by atoms with Crippen LogP contribution in [0.1, 0.15) is 0 Å². The molecule has 4 nitrogen and oxygen atoms in total. The second kappa shape index (κ2) is 8.62. The monoisotopic (exact) mass is 514 g/mol. The molecule has 0 bridgehead atoms. The third-order valence-electron chi connectivity index (χ3n) is 7.23. The smallest absolute Gasteiger partial charge is 0.238 e. The molecule has 3 heterocycles. The number of hydrogen-bond acceptors (Lipinski definition) is 4. The molecular weight excluding hydrogens is 495 g/mol. The van der Waals surface area contributed by atoms with Gasteiger partial charge in [0.1, 0.15) is 7.85 Å². The number of benzene rings is 5. The summed E-state index contributed by atoms with van der Waals surface area (Å²) in [6.07, 6.45) is 0. The second-order valence-electron chi connectivity index (χ2n) is 9.53. The second-order valence-corrected chi connectivity index (χ2v) is 10.5. The van der Waals surface area contributed by atoms with Crippen molar-refractivity contribution in [2.45, 2.75) is 0 Å². The highest BCUT2D eigenvalue weighted by Gasteiger charge is 2.19. The summed E-state index contributed by atoms with van der Waals surface area (Å²) >= 11 is 1.69. The third kappa shape index (κ3) is 3.42. The van der Waals surface area contributed by atoms with E-state index < -0.39 is 0 Å². The number of fused-ring (bicyclic) bond motifs is 6. The Balaban J connectivity index is 1.47. The minimum Gasteiger partial charge on any atom is -0.278 e. The average Bonchev–Trinajstić information content (AvgIpc) is 3.54. The van der Waals surface area contributed by atoms with Crippen molar-refractivity contribution < 1.29 is 0 Å². The van der Waals surface area contributed by atoms with Crippen molar-refractivity contribution in [2.24, 2.45) is 0 Å². The molecule has 2 radical (unpaired) electrons. The standard InChI is InChI=1S/C33H19BN4S/c34-26-17-9-15-24-23-14-8-16-25(29(23)39-30(24)26)32-35-31(20-10-2-1-3-11-20)36-33(37-32)38-27-18-6-4-12-21(27)22-13-5-7-19-28(22)38/h1-19H. The van der Waals surface area contributed by atoms with E-state index >= 15 is 0 Å². The van der Waals surface area contributed by atoms with Gasteiger partial charge < -0.3 is 0 Å². The third-order valence-corrected chi connectivity index (χ3v) is 8.54. The molecule has 0 amide bonds. The van der Waals surface area contributed by atoms with E-state index in [1.54, 1.807) is 11.3 Å². The molecule has 8 rings (SSSR count). The summed E-state index contributed by atoms with van der Waals surface area (Å²) in [5, 5.41) is 4.63. The van der Waals surface area contributed by atoms with Crippen molar-refractivity contribution in [2.75, 3.05) is 0 Å². The van der Waals surface area contributed by atoms with Crippen molar-refractivity contribution >= 4 is 66.6 Å². The summed E-state index contributed by atoms with van der Waals surface area (Å²) in [6, 6.07) is 39.3. The normalized spacial score (nSPS) is 11.7. The lowest BCUT2D eigenvalue weighted by Crippen LogP contribution is -2.06. The largest absolute Gasteiger partial charge is 0.278 e. The maximum Gasteiger partial charge on any atom is 0.238 e. The first-order valence-corrected chi connectivity index (χ1v) is 13.6. The molecule has 39 heavy (non-hydrogen) atoms. The van der Waals surface area contributed by atoms with Gasteiger partial charge in [-0.25, -0.2) is 4.98 Å². The zero-order valence-electron chi connectivity index (χ0n) is 20.7. The Morgan fingerprint density at radius 3 is 1.85 bits per heavy atom. The van der Waals surface area contributed by atoms with E-state index in [9.17, 15) is 0 Å². The van der Waals surface area contributed by atoms with Gasteiger partial charge in [0.15, 0.2) is 11.6 Å². The maximum atomic E-state index is 6.37. The summed E-state index contributed by atoms with van der Waals surface area (Å²) in [5.74, 6) is 1.86. The van der Waals surface area contributed by atoms with Gasteiger partial charge in [-0.15, -0.1) is 11.3 Å². The van der Waals surface area contributed by atoms with Crippen LogP contribution in [0.25, 0.3) is 70.7 Å². The fourth-order valence-corrected chi connectivity index (χ4v) is 6.69. The first-order valence-electron chi connectivity index (χ1n) is 12.8. The highest BCUT2D eigenvalue weighted by Crippen LogP contribution is 2.39. The van der Waals surface area contributed by atoms with Crippen LogP contribution in [0.5, 0.6) is 0 Å². The summed E-state index contributed by atoms with van der Waals surface area (Å²) in [4.78, 5) is 15.2. The summed E-state index contributed by atoms with van der Waals surface area (Å²) in [6.45, 7) is 0. The molecule has 0 saturated heterocycles. The molecular formula is C33H19BN4S. The highest BCUT2D eigenvalue weighted by molar-refractivity contribution is 7.27. The lowest BCUT2D eigenvalue weighted by atomic mass is 9.94. The van der Waals surface area contributed by atoms with Crippen LogP contribution in [0.2, 0.25) is 0 Å². The lowest BCUT2D eigenvalue weighted by molar-refractivity contribution is 0.954. The Labute approximate surface area is 229 Å². The number of hydrogen-bond donors (Lipinski definition) is 0. The van der Waals surface area contributed by atoms with E-state index in [0.29, 0.717) is 17.6 Å². The summed E-state index contributed by atoms with van der Waals surface area (Å²) in [5.41, 5.74) is 4.81. The van der Waals surface area contributed by atoms with Gasteiger partial charge in [-0.05, 0) is 23.6 Å². The van der Waals surface area contributed by atoms with Crippen LogP contribution in [0.15, 0.2) is 115 Å². The fraction of sp³-hybridized carbons (Fsp3) is 0. The highest BCUT2D eigenvalue weighted by atomic mass is 32.1. The maximum absolute atomic E-state index is 6.37.